The fourth-order valence-corrected chi connectivity index (χ4v) is 1.89. The number of imidazole rings is 1. The van der Waals surface area contributed by atoms with Gasteiger partial charge in [-0.25, -0.2) is 9.97 Å². The second kappa shape index (κ2) is 4.41. The van der Waals surface area contributed by atoms with Gasteiger partial charge >= 0.3 is 0 Å². The van der Waals surface area contributed by atoms with Gasteiger partial charge in [0, 0.05) is 0 Å². The van der Waals surface area contributed by atoms with Gasteiger partial charge in [-0.2, -0.15) is 0 Å². The van der Waals surface area contributed by atoms with Gasteiger partial charge in [-0.15, -0.1) is 0 Å². The van der Waals surface area contributed by atoms with Crippen LogP contribution in [0.2, 0.25) is 0 Å². The lowest BCUT2D eigenvalue weighted by atomic mass is 10.3. The van der Waals surface area contributed by atoms with Gasteiger partial charge in [-0.3, -0.25) is 4.57 Å². The Bertz CT molecular complexity index is 762. The van der Waals surface area contributed by atoms with Crippen LogP contribution < -0.4 is 5.73 Å². The first-order valence-corrected chi connectivity index (χ1v) is 5.67. The Balaban J connectivity index is 2.17. The molecule has 0 amide bonds. The number of benzene rings is 1. The van der Waals surface area contributed by atoms with Gasteiger partial charge in [0.15, 0.2) is 5.84 Å². The van der Waals surface area contributed by atoms with E-state index in [1.54, 1.807) is 18.5 Å². The van der Waals surface area contributed by atoms with Crippen molar-refractivity contribution in [3.05, 3.63) is 54.5 Å². The van der Waals surface area contributed by atoms with Gasteiger partial charge < -0.3 is 10.9 Å². The van der Waals surface area contributed by atoms with Crippen molar-refractivity contribution in [3.8, 4) is 5.82 Å². The molecule has 3 N–H and O–H groups in total. The standard InChI is InChI=1S/C13H11N5O/c14-13(17-19)10-5-3-7-12(16-10)18-8-15-9-4-1-2-6-11(9)18/h1-8,19H,(H2,14,17). The Morgan fingerprint density at radius 1 is 1.16 bits per heavy atom. The maximum absolute atomic E-state index is 8.69. The molecule has 0 unspecified atom stereocenters. The van der Waals surface area contributed by atoms with Crippen molar-refractivity contribution in [2.75, 3.05) is 0 Å². The van der Waals surface area contributed by atoms with Gasteiger partial charge in [0.25, 0.3) is 0 Å². The van der Waals surface area contributed by atoms with Crippen LogP contribution in [0, 0.1) is 0 Å². The van der Waals surface area contributed by atoms with Crippen molar-refractivity contribution < 1.29 is 5.21 Å². The second-order valence-electron chi connectivity index (χ2n) is 3.97. The van der Waals surface area contributed by atoms with E-state index in [0.29, 0.717) is 11.5 Å². The molecule has 0 atom stereocenters. The lowest BCUT2D eigenvalue weighted by Crippen LogP contribution is -2.15. The minimum Gasteiger partial charge on any atom is -0.409 e. The Morgan fingerprint density at radius 2 is 2.00 bits per heavy atom. The molecule has 3 aromatic rings. The molecule has 3 rings (SSSR count). The lowest BCUT2D eigenvalue weighted by molar-refractivity contribution is 0.318. The molecule has 0 spiro atoms. The number of oxime groups is 1. The largest absolute Gasteiger partial charge is 0.409 e. The quantitative estimate of drug-likeness (QED) is 0.313. The number of hydrogen-bond donors (Lipinski definition) is 2. The van der Waals surface area contributed by atoms with E-state index in [-0.39, 0.29) is 5.84 Å². The summed E-state index contributed by atoms with van der Waals surface area (Å²) in [6.45, 7) is 0. The van der Waals surface area contributed by atoms with E-state index in [9.17, 15) is 0 Å². The molecule has 0 radical (unpaired) electrons. The lowest BCUT2D eigenvalue weighted by Gasteiger charge is -2.05. The molecule has 0 aliphatic rings. The molecule has 6 nitrogen and oxygen atoms in total. The Morgan fingerprint density at radius 3 is 2.84 bits per heavy atom. The zero-order valence-corrected chi connectivity index (χ0v) is 9.93. The van der Waals surface area contributed by atoms with Crippen LogP contribution >= 0.6 is 0 Å². The van der Waals surface area contributed by atoms with E-state index in [2.05, 4.69) is 15.1 Å². The zero-order valence-electron chi connectivity index (χ0n) is 9.93. The third-order valence-electron chi connectivity index (χ3n) is 2.80. The van der Waals surface area contributed by atoms with E-state index in [4.69, 9.17) is 10.9 Å². The minimum absolute atomic E-state index is 0.0220. The summed E-state index contributed by atoms with van der Waals surface area (Å²) in [4.78, 5) is 8.65. The zero-order chi connectivity index (χ0) is 13.2. The number of amidine groups is 1. The van der Waals surface area contributed by atoms with Gasteiger partial charge in [0.1, 0.15) is 17.8 Å². The summed E-state index contributed by atoms with van der Waals surface area (Å²) in [6, 6.07) is 13.1. The average Bonchev–Trinajstić information content (AvgIpc) is 2.90. The van der Waals surface area contributed by atoms with Crippen molar-refractivity contribution in [2.45, 2.75) is 0 Å². The topological polar surface area (TPSA) is 89.3 Å². The highest BCUT2D eigenvalue weighted by atomic mass is 16.4. The molecule has 0 aliphatic heterocycles. The van der Waals surface area contributed by atoms with Crippen LogP contribution in [0.5, 0.6) is 0 Å². The number of aromatic nitrogens is 3. The van der Waals surface area contributed by atoms with Gasteiger partial charge in [-0.1, -0.05) is 23.4 Å². The summed E-state index contributed by atoms with van der Waals surface area (Å²) >= 11 is 0. The molecule has 2 aromatic heterocycles. The number of para-hydroxylation sites is 2. The van der Waals surface area contributed by atoms with Crippen LogP contribution in [0.15, 0.2) is 53.9 Å². The van der Waals surface area contributed by atoms with E-state index in [1.165, 1.54) is 0 Å². The SMILES string of the molecule is NC(=NO)c1cccc(-n2cnc3ccccc32)n1. The first kappa shape index (κ1) is 11.2. The molecule has 0 fully saturated rings. The highest BCUT2D eigenvalue weighted by molar-refractivity contribution is 5.95. The number of nitrogens with two attached hydrogens (primary N) is 1. The minimum atomic E-state index is -0.0220. The first-order valence-electron chi connectivity index (χ1n) is 5.67. The molecule has 2 heterocycles. The molecular weight excluding hydrogens is 242 g/mol. The third kappa shape index (κ3) is 1.89. The average molecular weight is 253 g/mol. The summed E-state index contributed by atoms with van der Waals surface area (Å²) in [5.41, 5.74) is 7.79. The summed E-state index contributed by atoms with van der Waals surface area (Å²) in [5, 5.41) is 11.6. The summed E-state index contributed by atoms with van der Waals surface area (Å²) in [6.07, 6.45) is 1.70. The Hall–Kier alpha value is -2.89. The molecule has 19 heavy (non-hydrogen) atoms. The van der Waals surface area contributed by atoms with Crippen LogP contribution in [-0.4, -0.2) is 25.6 Å². The molecule has 1 aromatic carbocycles. The highest BCUT2D eigenvalue weighted by Gasteiger charge is 2.07. The van der Waals surface area contributed by atoms with Crippen molar-refractivity contribution >= 4 is 16.9 Å². The summed E-state index contributed by atoms with van der Waals surface area (Å²) < 4.78 is 1.85. The Labute approximate surface area is 108 Å². The number of nitrogens with zero attached hydrogens (tertiary/aromatic N) is 4. The van der Waals surface area contributed by atoms with Crippen molar-refractivity contribution in [1.82, 2.24) is 14.5 Å². The first-order chi connectivity index (χ1) is 9.29. The van der Waals surface area contributed by atoms with Crippen molar-refractivity contribution in [2.24, 2.45) is 10.9 Å². The number of hydrogen-bond acceptors (Lipinski definition) is 4. The van der Waals surface area contributed by atoms with Crippen molar-refractivity contribution in [1.29, 1.82) is 0 Å². The predicted octanol–water partition coefficient (Wildman–Crippen LogP) is 1.52. The molecule has 0 aliphatic carbocycles. The molecule has 0 saturated carbocycles. The fraction of sp³-hybridized carbons (Fsp3) is 0. The van der Waals surface area contributed by atoms with E-state index in [1.807, 2.05) is 34.9 Å². The smallest absolute Gasteiger partial charge is 0.188 e. The van der Waals surface area contributed by atoms with E-state index >= 15 is 0 Å². The van der Waals surface area contributed by atoms with Crippen molar-refractivity contribution in [3.63, 3.8) is 0 Å². The predicted molar refractivity (Wildman–Crippen MR) is 71.4 cm³/mol. The maximum Gasteiger partial charge on any atom is 0.188 e. The van der Waals surface area contributed by atoms with Gasteiger partial charge in [0.05, 0.1) is 11.0 Å². The third-order valence-corrected chi connectivity index (χ3v) is 2.80. The number of rotatable bonds is 2. The highest BCUT2D eigenvalue weighted by Crippen LogP contribution is 2.16. The fourth-order valence-electron chi connectivity index (χ4n) is 1.89. The number of pyridine rings is 1. The van der Waals surface area contributed by atoms with Crippen LogP contribution in [0.1, 0.15) is 5.69 Å². The summed E-state index contributed by atoms with van der Waals surface area (Å²) in [5.74, 6) is 0.643. The van der Waals surface area contributed by atoms with Crippen LogP contribution in [0.25, 0.3) is 16.9 Å². The maximum atomic E-state index is 8.69. The van der Waals surface area contributed by atoms with Crippen LogP contribution in [-0.2, 0) is 0 Å². The molecule has 6 heteroatoms. The van der Waals surface area contributed by atoms with Crippen LogP contribution in [0.3, 0.4) is 0 Å². The van der Waals surface area contributed by atoms with Gasteiger partial charge in [0.2, 0.25) is 0 Å². The second-order valence-corrected chi connectivity index (χ2v) is 3.97. The van der Waals surface area contributed by atoms with Gasteiger partial charge in [-0.05, 0) is 24.3 Å². The molecule has 0 bridgehead atoms. The summed E-state index contributed by atoms with van der Waals surface area (Å²) in [7, 11) is 0. The monoisotopic (exact) mass is 253 g/mol. The van der Waals surface area contributed by atoms with E-state index < -0.39 is 0 Å². The number of fused-ring (bicyclic) bond motifs is 1. The molecular formula is C13H11N5O. The normalized spacial score (nSPS) is 11.9. The molecule has 0 saturated heterocycles. The Kier molecular flexibility index (Phi) is 2.60. The van der Waals surface area contributed by atoms with E-state index in [0.717, 1.165) is 11.0 Å². The molecule has 94 valence electrons. The van der Waals surface area contributed by atoms with Crippen LogP contribution in [0.4, 0.5) is 0 Å².